The molecule has 0 aliphatic heterocycles. The molecule has 0 atom stereocenters. The van der Waals surface area contributed by atoms with Gasteiger partial charge >= 0.3 is 6.01 Å². The van der Waals surface area contributed by atoms with Gasteiger partial charge in [-0.15, -0.1) is 0 Å². The van der Waals surface area contributed by atoms with Crippen LogP contribution in [0, 0.1) is 0 Å². The Morgan fingerprint density at radius 2 is 1.42 bits per heavy atom. The van der Waals surface area contributed by atoms with Crippen LogP contribution in [0.3, 0.4) is 0 Å². The summed E-state index contributed by atoms with van der Waals surface area (Å²) in [5, 5.41) is 4.25. The fourth-order valence-corrected chi connectivity index (χ4v) is 2.95. The SMILES string of the molecule is COCCOc1nc(Nc2ccc(Oc3ccc(OC)cc3)cc2)c2ccccc2n1. The minimum Gasteiger partial charge on any atom is -0.497 e. The maximum atomic E-state index is 5.89. The summed E-state index contributed by atoms with van der Waals surface area (Å²) in [5.74, 6) is 2.92. The van der Waals surface area contributed by atoms with Gasteiger partial charge in [0.2, 0.25) is 0 Å². The molecular formula is C24H23N3O4. The van der Waals surface area contributed by atoms with Crippen molar-refractivity contribution in [2.75, 3.05) is 32.8 Å². The van der Waals surface area contributed by atoms with E-state index in [1.165, 1.54) is 0 Å². The molecule has 0 aliphatic carbocycles. The van der Waals surface area contributed by atoms with Crippen molar-refractivity contribution in [3.63, 3.8) is 0 Å². The monoisotopic (exact) mass is 417 g/mol. The van der Waals surface area contributed by atoms with E-state index in [1.807, 2.05) is 72.8 Å². The number of ether oxygens (including phenoxy) is 4. The van der Waals surface area contributed by atoms with Crippen molar-refractivity contribution in [3.8, 4) is 23.3 Å². The molecule has 0 saturated heterocycles. The number of nitrogens with one attached hydrogen (secondary N) is 1. The molecule has 0 amide bonds. The average molecular weight is 417 g/mol. The van der Waals surface area contributed by atoms with Crippen molar-refractivity contribution in [1.29, 1.82) is 0 Å². The predicted molar refractivity (Wildman–Crippen MR) is 120 cm³/mol. The van der Waals surface area contributed by atoms with E-state index in [0.29, 0.717) is 25.0 Å². The van der Waals surface area contributed by atoms with Gasteiger partial charge in [-0.25, -0.2) is 0 Å². The molecule has 0 aliphatic rings. The van der Waals surface area contributed by atoms with Crippen LogP contribution in [0.4, 0.5) is 11.5 Å². The second-order valence-electron chi connectivity index (χ2n) is 6.64. The van der Waals surface area contributed by atoms with E-state index in [4.69, 9.17) is 18.9 Å². The minimum atomic E-state index is 0.303. The number of nitrogens with zero attached hydrogens (tertiary/aromatic N) is 2. The molecule has 1 heterocycles. The van der Waals surface area contributed by atoms with Crippen molar-refractivity contribution in [2.45, 2.75) is 0 Å². The van der Waals surface area contributed by atoms with E-state index in [2.05, 4.69) is 15.3 Å². The van der Waals surface area contributed by atoms with Gasteiger partial charge in [-0.1, -0.05) is 12.1 Å². The van der Waals surface area contributed by atoms with Crippen LogP contribution in [0.1, 0.15) is 0 Å². The van der Waals surface area contributed by atoms with Gasteiger partial charge in [0.05, 0.1) is 19.2 Å². The predicted octanol–water partition coefficient (Wildman–Crippen LogP) is 5.20. The van der Waals surface area contributed by atoms with E-state index in [-0.39, 0.29) is 0 Å². The topological polar surface area (TPSA) is 74.7 Å². The van der Waals surface area contributed by atoms with Gasteiger partial charge in [-0.05, 0) is 60.7 Å². The van der Waals surface area contributed by atoms with Gasteiger partial charge in [0.15, 0.2) is 0 Å². The number of para-hydroxylation sites is 1. The highest BCUT2D eigenvalue weighted by Gasteiger charge is 2.09. The molecule has 158 valence electrons. The molecule has 3 aromatic carbocycles. The maximum absolute atomic E-state index is 5.89. The number of rotatable bonds is 9. The van der Waals surface area contributed by atoms with Crippen molar-refractivity contribution < 1.29 is 18.9 Å². The van der Waals surface area contributed by atoms with Gasteiger partial charge in [0.25, 0.3) is 0 Å². The number of anilines is 2. The van der Waals surface area contributed by atoms with Crippen molar-refractivity contribution >= 4 is 22.4 Å². The molecule has 1 aromatic heterocycles. The van der Waals surface area contributed by atoms with Crippen molar-refractivity contribution in [3.05, 3.63) is 72.8 Å². The summed E-state index contributed by atoms with van der Waals surface area (Å²) in [6.45, 7) is 0.848. The second-order valence-corrected chi connectivity index (χ2v) is 6.64. The Kier molecular flexibility index (Phi) is 6.44. The van der Waals surface area contributed by atoms with Crippen LogP contribution in [0.25, 0.3) is 10.9 Å². The first-order chi connectivity index (χ1) is 15.2. The van der Waals surface area contributed by atoms with Crippen LogP contribution in [-0.2, 0) is 4.74 Å². The third-order valence-electron chi connectivity index (χ3n) is 4.51. The molecule has 0 saturated carbocycles. The van der Waals surface area contributed by atoms with Crippen LogP contribution in [0.15, 0.2) is 72.8 Å². The summed E-state index contributed by atoms with van der Waals surface area (Å²) >= 11 is 0. The molecule has 31 heavy (non-hydrogen) atoms. The highest BCUT2D eigenvalue weighted by molar-refractivity contribution is 5.91. The summed E-state index contributed by atoms with van der Waals surface area (Å²) in [6.07, 6.45) is 0. The number of aromatic nitrogens is 2. The summed E-state index contributed by atoms with van der Waals surface area (Å²) < 4.78 is 21.7. The van der Waals surface area contributed by atoms with Crippen molar-refractivity contribution in [2.24, 2.45) is 0 Å². The fourth-order valence-electron chi connectivity index (χ4n) is 2.95. The lowest BCUT2D eigenvalue weighted by Gasteiger charge is -2.12. The molecule has 0 unspecified atom stereocenters. The highest BCUT2D eigenvalue weighted by Crippen LogP contribution is 2.28. The summed E-state index contributed by atoms with van der Waals surface area (Å²) in [4.78, 5) is 9.00. The van der Waals surface area contributed by atoms with Gasteiger partial charge in [0, 0.05) is 18.2 Å². The first kappa shape index (κ1) is 20.4. The first-order valence-electron chi connectivity index (χ1n) is 9.82. The molecule has 4 aromatic rings. The third-order valence-corrected chi connectivity index (χ3v) is 4.51. The quantitative estimate of drug-likeness (QED) is 0.375. The van der Waals surface area contributed by atoms with Crippen molar-refractivity contribution in [1.82, 2.24) is 9.97 Å². The Morgan fingerprint density at radius 3 is 2.13 bits per heavy atom. The lowest BCUT2D eigenvalue weighted by Crippen LogP contribution is -2.08. The number of hydrogen-bond acceptors (Lipinski definition) is 7. The summed E-state index contributed by atoms with van der Waals surface area (Å²) in [5.41, 5.74) is 1.67. The maximum Gasteiger partial charge on any atom is 0.319 e. The van der Waals surface area contributed by atoms with Crippen LogP contribution in [0.5, 0.6) is 23.3 Å². The van der Waals surface area contributed by atoms with Gasteiger partial charge < -0.3 is 24.3 Å². The molecule has 7 heteroatoms. The van der Waals surface area contributed by atoms with Crippen LogP contribution < -0.4 is 19.5 Å². The smallest absolute Gasteiger partial charge is 0.319 e. The number of methoxy groups -OCH3 is 2. The molecule has 0 bridgehead atoms. The minimum absolute atomic E-state index is 0.303. The Labute approximate surface area is 180 Å². The lowest BCUT2D eigenvalue weighted by molar-refractivity contribution is 0.141. The van der Waals surface area contributed by atoms with E-state index >= 15 is 0 Å². The summed E-state index contributed by atoms with van der Waals surface area (Å²) in [7, 11) is 3.26. The van der Waals surface area contributed by atoms with Crippen LogP contribution >= 0.6 is 0 Å². The molecule has 7 nitrogen and oxygen atoms in total. The van der Waals surface area contributed by atoms with E-state index in [1.54, 1.807) is 14.2 Å². The zero-order valence-corrected chi connectivity index (χ0v) is 17.4. The third kappa shape index (κ3) is 5.21. The molecule has 0 radical (unpaired) electrons. The normalized spacial score (nSPS) is 10.6. The van der Waals surface area contributed by atoms with Crippen LogP contribution in [0.2, 0.25) is 0 Å². The highest BCUT2D eigenvalue weighted by atomic mass is 16.5. The average Bonchev–Trinajstić information content (AvgIpc) is 2.81. The fraction of sp³-hybridized carbons (Fsp3) is 0.167. The van der Waals surface area contributed by atoms with E-state index in [0.717, 1.165) is 33.8 Å². The molecule has 0 fully saturated rings. The van der Waals surface area contributed by atoms with Gasteiger partial charge in [-0.2, -0.15) is 9.97 Å². The standard InChI is InChI=1S/C24H23N3O4/c1-28-15-16-30-24-26-22-6-4-3-5-21(22)23(27-24)25-17-7-9-19(10-8-17)31-20-13-11-18(29-2)12-14-20/h3-14H,15-16H2,1-2H3,(H,25,26,27). The number of fused-ring (bicyclic) bond motifs is 1. The Morgan fingerprint density at radius 1 is 0.742 bits per heavy atom. The zero-order chi connectivity index (χ0) is 21.5. The molecule has 1 N–H and O–H groups in total. The number of benzene rings is 3. The van der Waals surface area contributed by atoms with E-state index < -0.39 is 0 Å². The van der Waals surface area contributed by atoms with Crippen LogP contribution in [-0.4, -0.2) is 37.4 Å². The first-order valence-corrected chi connectivity index (χ1v) is 9.82. The molecular weight excluding hydrogens is 394 g/mol. The van der Waals surface area contributed by atoms with Gasteiger partial charge in [0.1, 0.15) is 29.7 Å². The Bertz CT molecular complexity index is 1130. The Balaban J connectivity index is 1.51. The number of hydrogen-bond donors (Lipinski definition) is 1. The zero-order valence-electron chi connectivity index (χ0n) is 17.4. The van der Waals surface area contributed by atoms with E-state index in [9.17, 15) is 0 Å². The second kappa shape index (κ2) is 9.77. The molecule has 4 rings (SSSR count). The van der Waals surface area contributed by atoms with Gasteiger partial charge in [-0.3, -0.25) is 0 Å². The lowest BCUT2D eigenvalue weighted by atomic mass is 10.2. The summed E-state index contributed by atoms with van der Waals surface area (Å²) in [6, 6.07) is 23.2. The Hall–Kier alpha value is -3.84. The largest absolute Gasteiger partial charge is 0.497 e. The molecule has 0 spiro atoms.